The van der Waals surface area contributed by atoms with Crippen molar-refractivity contribution in [3.8, 4) is 0 Å². The summed E-state index contributed by atoms with van der Waals surface area (Å²) in [5.74, 6) is -0.465. The molecule has 1 N–H and O–H groups in total. The highest BCUT2D eigenvalue weighted by Crippen LogP contribution is 2.10. The van der Waals surface area contributed by atoms with Gasteiger partial charge in [0.15, 0.2) is 0 Å². The molecular weight excluding hydrogens is 328 g/mol. The normalized spacial score (nSPS) is 10.1. The van der Waals surface area contributed by atoms with Gasteiger partial charge in [0.2, 0.25) is 0 Å². The van der Waals surface area contributed by atoms with E-state index in [9.17, 15) is 9.59 Å². The van der Waals surface area contributed by atoms with Crippen LogP contribution in [0.3, 0.4) is 0 Å². The Morgan fingerprint density at radius 1 is 1.04 bits per heavy atom. The summed E-state index contributed by atoms with van der Waals surface area (Å²) in [6, 6.07) is 16.3. The van der Waals surface area contributed by atoms with Gasteiger partial charge in [0.05, 0.1) is 7.11 Å². The van der Waals surface area contributed by atoms with Crippen LogP contribution >= 0.6 is 11.6 Å². The van der Waals surface area contributed by atoms with Gasteiger partial charge in [-0.05, 0) is 23.3 Å². The second-order valence-electron chi connectivity index (χ2n) is 5.20. The number of nitrogens with one attached hydrogen (secondary N) is 1. The number of esters is 1. The maximum absolute atomic E-state index is 12.4. The van der Waals surface area contributed by atoms with E-state index in [1.165, 1.54) is 12.0 Å². The average molecular weight is 347 g/mol. The molecular formula is C18H19ClN2O3. The summed E-state index contributed by atoms with van der Waals surface area (Å²) >= 11 is 5.84. The summed E-state index contributed by atoms with van der Waals surface area (Å²) < 4.78 is 4.67. The number of rotatable bonds is 6. The summed E-state index contributed by atoms with van der Waals surface area (Å²) in [5.41, 5.74) is 1.86. The lowest BCUT2D eigenvalue weighted by molar-refractivity contribution is -0.141. The van der Waals surface area contributed by atoms with Crippen LogP contribution in [0.4, 0.5) is 4.79 Å². The molecule has 0 atom stereocenters. The van der Waals surface area contributed by atoms with Gasteiger partial charge in [-0.1, -0.05) is 54.1 Å². The number of halogens is 1. The molecule has 0 aliphatic rings. The highest BCUT2D eigenvalue weighted by atomic mass is 35.5. The van der Waals surface area contributed by atoms with E-state index in [1.807, 2.05) is 42.5 Å². The van der Waals surface area contributed by atoms with E-state index < -0.39 is 5.97 Å². The summed E-state index contributed by atoms with van der Waals surface area (Å²) in [6.07, 6.45) is 0. The molecule has 0 aromatic heterocycles. The lowest BCUT2D eigenvalue weighted by atomic mass is 10.2. The van der Waals surface area contributed by atoms with E-state index in [4.69, 9.17) is 11.6 Å². The minimum Gasteiger partial charge on any atom is -0.468 e. The number of ether oxygens (including phenoxy) is 1. The average Bonchev–Trinajstić information content (AvgIpc) is 2.61. The number of amides is 2. The topological polar surface area (TPSA) is 58.6 Å². The summed E-state index contributed by atoms with van der Waals surface area (Å²) in [5, 5.41) is 3.44. The van der Waals surface area contributed by atoms with Gasteiger partial charge in [-0.15, -0.1) is 0 Å². The molecule has 24 heavy (non-hydrogen) atoms. The van der Waals surface area contributed by atoms with Gasteiger partial charge in [-0.3, -0.25) is 4.79 Å². The van der Waals surface area contributed by atoms with Crippen molar-refractivity contribution in [1.29, 1.82) is 0 Å². The first-order chi connectivity index (χ1) is 11.6. The standard InChI is InChI=1S/C18H19ClN2O3/c1-24-17(22)13-21(12-15-5-3-2-4-6-15)18(23)20-11-14-7-9-16(19)10-8-14/h2-10H,11-13H2,1H3,(H,20,23). The first-order valence-corrected chi connectivity index (χ1v) is 7.84. The van der Waals surface area contributed by atoms with E-state index in [1.54, 1.807) is 12.1 Å². The lowest BCUT2D eigenvalue weighted by Gasteiger charge is -2.22. The van der Waals surface area contributed by atoms with Crippen molar-refractivity contribution < 1.29 is 14.3 Å². The molecule has 0 spiro atoms. The zero-order valence-corrected chi connectivity index (χ0v) is 14.1. The van der Waals surface area contributed by atoms with Crippen molar-refractivity contribution in [2.45, 2.75) is 13.1 Å². The third-order valence-corrected chi connectivity index (χ3v) is 3.66. The number of hydrogen-bond donors (Lipinski definition) is 1. The molecule has 0 aliphatic carbocycles. The van der Waals surface area contributed by atoms with E-state index in [-0.39, 0.29) is 12.6 Å². The van der Waals surface area contributed by atoms with Crippen molar-refractivity contribution in [1.82, 2.24) is 10.2 Å². The highest BCUT2D eigenvalue weighted by molar-refractivity contribution is 6.30. The maximum Gasteiger partial charge on any atom is 0.325 e. The van der Waals surface area contributed by atoms with E-state index in [0.29, 0.717) is 18.1 Å². The monoisotopic (exact) mass is 346 g/mol. The van der Waals surface area contributed by atoms with E-state index in [0.717, 1.165) is 11.1 Å². The molecule has 0 saturated carbocycles. The first-order valence-electron chi connectivity index (χ1n) is 7.46. The second-order valence-corrected chi connectivity index (χ2v) is 5.64. The zero-order chi connectivity index (χ0) is 17.4. The van der Waals surface area contributed by atoms with Gasteiger partial charge in [0.1, 0.15) is 6.54 Å². The largest absolute Gasteiger partial charge is 0.468 e. The quantitative estimate of drug-likeness (QED) is 0.817. The lowest BCUT2D eigenvalue weighted by Crippen LogP contribution is -2.42. The molecule has 2 aromatic carbocycles. The summed E-state index contributed by atoms with van der Waals surface area (Å²) in [4.78, 5) is 25.4. The van der Waals surface area contributed by atoms with Crippen LogP contribution in [0.2, 0.25) is 5.02 Å². The predicted octanol–water partition coefficient (Wildman–Crippen LogP) is 3.22. The SMILES string of the molecule is COC(=O)CN(Cc1ccccc1)C(=O)NCc1ccc(Cl)cc1. The van der Waals surface area contributed by atoms with Crippen molar-refractivity contribution in [3.05, 3.63) is 70.7 Å². The fourth-order valence-corrected chi connectivity index (χ4v) is 2.24. The molecule has 5 nitrogen and oxygen atoms in total. The Labute approximate surface area is 146 Å². The Hall–Kier alpha value is -2.53. The molecule has 0 bridgehead atoms. The second kappa shape index (κ2) is 8.93. The Morgan fingerprint density at radius 2 is 1.71 bits per heavy atom. The number of carbonyl (C=O) groups is 2. The third-order valence-electron chi connectivity index (χ3n) is 3.41. The molecule has 0 fully saturated rings. The van der Waals surface area contributed by atoms with Crippen LogP contribution in [0.15, 0.2) is 54.6 Å². The van der Waals surface area contributed by atoms with Crippen LogP contribution in [0.25, 0.3) is 0 Å². The Kier molecular flexibility index (Phi) is 6.63. The minimum absolute atomic E-state index is 0.113. The predicted molar refractivity (Wildman–Crippen MR) is 92.6 cm³/mol. The molecule has 0 unspecified atom stereocenters. The molecule has 2 rings (SSSR count). The van der Waals surface area contributed by atoms with Gasteiger partial charge in [-0.25, -0.2) is 4.79 Å². The maximum atomic E-state index is 12.4. The fourth-order valence-electron chi connectivity index (χ4n) is 2.12. The van der Waals surface area contributed by atoms with Crippen molar-refractivity contribution in [2.75, 3.05) is 13.7 Å². The van der Waals surface area contributed by atoms with Gasteiger partial charge in [0, 0.05) is 18.1 Å². The third kappa shape index (κ3) is 5.59. The van der Waals surface area contributed by atoms with E-state index >= 15 is 0 Å². The minimum atomic E-state index is -0.465. The molecule has 2 amide bonds. The molecule has 0 saturated heterocycles. The fraction of sp³-hybridized carbons (Fsp3) is 0.222. The van der Waals surface area contributed by atoms with Gasteiger partial charge >= 0.3 is 12.0 Å². The van der Waals surface area contributed by atoms with Gasteiger partial charge < -0.3 is 15.0 Å². The van der Waals surface area contributed by atoms with Crippen molar-refractivity contribution >= 4 is 23.6 Å². The zero-order valence-electron chi connectivity index (χ0n) is 13.4. The number of methoxy groups -OCH3 is 1. The summed E-state index contributed by atoms with van der Waals surface area (Å²) in [6.45, 7) is 0.558. The van der Waals surface area contributed by atoms with Crippen molar-refractivity contribution in [3.63, 3.8) is 0 Å². The number of benzene rings is 2. The van der Waals surface area contributed by atoms with Crippen LogP contribution in [0.5, 0.6) is 0 Å². The van der Waals surface area contributed by atoms with Crippen LogP contribution < -0.4 is 5.32 Å². The van der Waals surface area contributed by atoms with Crippen LogP contribution in [0, 0.1) is 0 Å². The van der Waals surface area contributed by atoms with Gasteiger partial charge in [0.25, 0.3) is 0 Å². The number of hydrogen-bond acceptors (Lipinski definition) is 3. The van der Waals surface area contributed by atoms with Crippen molar-refractivity contribution in [2.24, 2.45) is 0 Å². The summed E-state index contributed by atoms with van der Waals surface area (Å²) in [7, 11) is 1.30. The van der Waals surface area contributed by atoms with Crippen LogP contribution in [0.1, 0.15) is 11.1 Å². The smallest absolute Gasteiger partial charge is 0.325 e. The van der Waals surface area contributed by atoms with Crippen LogP contribution in [-0.2, 0) is 22.6 Å². The first kappa shape index (κ1) is 17.8. The molecule has 0 radical (unpaired) electrons. The number of nitrogens with zero attached hydrogens (tertiary/aromatic N) is 1. The Bertz CT molecular complexity index is 674. The molecule has 126 valence electrons. The molecule has 6 heteroatoms. The molecule has 2 aromatic rings. The number of carbonyl (C=O) groups excluding carboxylic acids is 2. The number of urea groups is 1. The Morgan fingerprint density at radius 3 is 2.33 bits per heavy atom. The van der Waals surface area contributed by atoms with E-state index in [2.05, 4.69) is 10.1 Å². The molecule has 0 aliphatic heterocycles. The van der Waals surface area contributed by atoms with Gasteiger partial charge in [-0.2, -0.15) is 0 Å². The molecule has 0 heterocycles. The highest BCUT2D eigenvalue weighted by Gasteiger charge is 2.17. The van der Waals surface area contributed by atoms with Crippen LogP contribution in [-0.4, -0.2) is 30.6 Å². The Balaban J connectivity index is 2.00.